The van der Waals surface area contributed by atoms with Gasteiger partial charge < -0.3 is 20.9 Å². The highest BCUT2D eigenvalue weighted by Gasteiger charge is 2.26. The van der Waals surface area contributed by atoms with Gasteiger partial charge in [0, 0.05) is 30.0 Å². The van der Waals surface area contributed by atoms with Gasteiger partial charge in [0.25, 0.3) is 5.91 Å². The van der Waals surface area contributed by atoms with Gasteiger partial charge in [-0.05, 0) is 25.0 Å². The Morgan fingerprint density at radius 1 is 1.04 bits per heavy atom. The Morgan fingerprint density at radius 3 is 2.52 bits per heavy atom. The van der Waals surface area contributed by atoms with Crippen LogP contribution < -0.4 is 16.0 Å². The van der Waals surface area contributed by atoms with E-state index in [1.165, 1.54) is 0 Å². The predicted molar refractivity (Wildman–Crippen MR) is 84.8 cm³/mol. The molecular weight excluding hydrogens is 296 g/mol. The molecule has 1 aromatic carbocycles. The highest BCUT2D eigenvalue weighted by atomic mass is 16.2. The van der Waals surface area contributed by atoms with E-state index >= 15 is 0 Å². The van der Waals surface area contributed by atoms with E-state index in [0.717, 1.165) is 23.7 Å². The zero-order valence-corrected chi connectivity index (χ0v) is 12.5. The Kier molecular flexibility index (Phi) is 4.27. The molecule has 1 aromatic heterocycles. The van der Waals surface area contributed by atoms with Crippen LogP contribution in [-0.4, -0.2) is 41.8 Å². The number of hydrogen-bond acceptors (Lipinski definition) is 3. The van der Waals surface area contributed by atoms with Crippen molar-refractivity contribution in [2.75, 3.05) is 13.1 Å². The van der Waals surface area contributed by atoms with Crippen LogP contribution in [0.25, 0.3) is 10.9 Å². The third-order valence-electron chi connectivity index (χ3n) is 3.59. The predicted octanol–water partition coefficient (Wildman–Crippen LogP) is 0.292. The Labute approximate surface area is 132 Å². The Hall–Kier alpha value is -2.83. The number of H-pyrrole nitrogens is 1. The van der Waals surface area contributed by atoms with Crippen LogP contribution in [0.2, 0.25) is 0 Å². The quantitative estimate of drug-likeness (QED) is 0.471. The van der Waals surface area contributed by atoms with Gasteiger partial charge in [-0.25, -0.2) is 0 Å². The van der Waals surface area contributed by atoms with Gasteiger partial charge in [0.15, 0.2) is 0 Å². The second-order valence-electron chi connectivity index (χ2n) is 5.53. The van der Waals surface area contributed by atoms with Crippen LogP contribution in [0.15, 0.2) is 30.3 Å². The third kappa shape index (κ3) is 3.88. The average Bonchev–Trinajstić information content (AvgIpc) is 3.25. The summed E-state index contributed by atoms with van der Waals surface area (Å²) in [7, 11) is 0. The largest absolute Gasteiger partial charge is 0.351 e. The molecule has 1 fully saturated rings. The number of carbonyl (C=O) groups is 3. The lowest BCUT2D eigenvalue weighted by atomic mass is 10.2. The van der Waals surface area contributed by atoms with Crippen molar-refractivity contribution < 1.29 is 14.4 Å². The van der Waals surface area contributed by atoms with Gasteiger partial charge in [0.1, 0.15) is 5.69 Å². The Morgan fingerprint density at radius 2 is 1.78 bits per heavy atom. The van der Waals surface area contributed by atoms with Crippen LogP contribution in [0.5, 0.6) is 0 Å². The number of aromatic amines is 1. The number of hydrogen-bond donors (Lipinski definition) is 4. The Bertz CT molecular complexity index is 716. The maximum Gasteiger partial charge on any atom is 0.309 e. The number of rotatable bonds is 5. The number of para-hydroxylation sites is 1. The fourth-order valence-corrected chi connectivity index (χ4v) is 2.20. The molecule has 1 saturated carbocycles. The zero-order valence-electron chi connectivity index (χ0n) is 12.5. The van der Waals surface area contributed by atoms with E-state index in [4.69, 9.17) is 0 Å². The molecule has 0 radical (unpaired) electrons. The lowest BCUT2D eigenvalue weighted by molar-refractivity contribution is -0.139. The van der Waals surface area contributed by atoms with Gasteiger partial charge in [-0.1, -0.05) is 18.2 Å². The molecular formula is C16H18N4O3. The molecule has 0 atom stereocenters. The maximum atomic E-state index is 12.0. The minimum Gasteiger partial charge on any atom is -0.351 e. The van der Waals surface area contributed by atoms with Crippen molar-refractivity contribution >= 4 is 28.6 Å². The van der Waals surface area contributed by atoms with Crippen molar-refractivity contribution in [1.82, 2.24) is 20.9 Å². The normalized spacial score (nSPS) is 13.6. The molecule has 2 aromatic rings. The van der Waals surface area contributed by atoms with Crippen LogP contribution in [-0.2, 0) is 9.59 Å². The summed E-state index contributed by atoms with van der Waals surface area (Å²) in [6.07, 6.45) is 1.86. The van der Waals surface area contributed by atoms with E-state index in [1.54, 1.807) is 6.07 Å². The molecule has 7 heteroatoms. The monoisotopic (exact) mass is 314 g/mol. The first kappa shape index (κ1) is 15.1. The standard InChI is InChI=1S/C16H18N4O3/c21-14(13-9-10-3-1-2-4-12(10)20-13)17-7-8-18-15(22)16(23)19-11-5-6-11/h1-4,9,11,20H,5-8H2,(H,17,21)(H,18,22)(H,19,23). The topological polar surface area (TPSA) is 103 Å². The summed E-state index contributed by atoms with van der Waals surface area (Å²) in [4.78, 5) is 38.0. The highest BCUT2D eigenvalue weighted by molar-refractivity contribution is 6.35. The zero-order chi connectivity index (χ0) is 16.2. The fourth-order valence-electron chi connectivity index (χ4n) is 2.20. The van der Waals surface area contributed by atoms with Crippen molar-refractivity contribution in [3.05, 3.63) is 36.0 Å². The molecule has 0 unspecified atom stereocenters. The molecule has 4 N–H and O–H groups in total. The fraction of sp³-hybridized carbons (Fsp3) is 0.312. The van der Waals surface area contributed by atoms with Gasteiger partial charge in [-0.15, -0.1) is 0 Å². The van der Waals surface area contributed by atoms with E-state index in [9.17, 15) is 14.4 Å². The van der Waals surface area contributed by atoms with Crippen LogP contribution >= 0.6 is 0 Å². The lowest BCUT2D eigenvalue weighted by Crippen LogP contribution is -2.43. The summed E-state index contributed by atoms with van der Waals surface area (Å²) in [5.41, 5.74) is 1.35. The van der Waals surface area contributed by atoms with Crippen molar-refractivity contribution in [3.63, 3.8) is 0 Å². The van der Waals surface area contributed by atoms with Crippen LogP contribution in [0, 0.1) is 0 Å². The van der Waals surface area contributed by atoms with E-state index in [-0.39, 0.29) is 25.0 Å². The molecule has 0 spiro atoms. The smallest absolute Gasteiger partial charge is 0.309 e. The lowest BCUT2D eigenvalue weighted by Gasteiger charge is -2.06. The summed E-state index contributed by atoms with van der Waals surface area (Å²) in [5, 5.41) is 8.73. The van der Waals surface area contributed by atoms with Crippen molar-refractivity contribution in [3.8, 4) is 0 Å². The minimum atomic E-state index is -0.670. The summed E-state index contributed by atoms with van der Waals surface area (Å²) in [6, 6.07) is 9.52. The van der Waals surface area contributed by atoms with Crippen LogP contribution in [0.4, 0.5) is 0 Å². The van der Waals surface area contributed by atoms with Crippen LogP contribution in [0.1, 0.15) is 23.3 Å². The molecule has 3 amide bonds. The first-order valence-corrected chi connectivity index (χ1v) is 7.58. The molecule has 1 aliphatic carbocycles. The van der Waals surface area contributed by atoms with Crippen molar-refractivity contribution in [1.29, 1.82) is 0 Å². The molecule has 3 rings (SSSR count). The number of benzene rings is 1. The van der Waals surface area contributed by atoms with E-state index in [2.05, 4.69) is 20.9 Å². The second-order valence-corrected chi connectivity index (χ2v) is 5.53. The van der Waals surface area contributed by atoms with Gasteiger partial charge in [0.05, 0.1) is 0 Å². The molecule has 0 aliphatic heterocycles. The first-order chi connectivity index (χ1) is 11.1. The summed E-state index contributed by atoms with van der Waals surface area (Å²) in [6.45, 7) is 0.444. The number of fused-ring (bicyclic) bond motifs is 1. The molecule has 23 heavy (non-hydrogen) atoms. The molecule has 0 saturated heterocycles. The molecule has 120 valence electrons. The Balaban J connectivity index is 1.42. The molecule has 1 aliphatic rings. The van der Waals surface area contributed by atoms with Gasteiger partial charge in [-0.2, -0.15) is 0 Å². The van der Waals surface area contributed by atoms with Gasteiger partial charge in [-0.3, -0.25) is 14.4 Å². The molecule has 0 bridgehead atoms. The molecule has 7 nitrogen and oxygen atoms in total. The SMILES string of the molecule is O=C(NCCNC(=O)c1cc2ccccc2[nH]1)C(=O)NC1CC1. The van der Waals surface area contributed by atoms with E-state index in [1.807, 2.05) is 24.3 Å². The van der Waals surface area contributed by atoms with Crippen LogP contribution in [0.3, 0.4) is 0 Å². The third-order valence-corrected chi connectivity index (χ3v) is 3.59. The average molecular weight is 314 g/mol. The summed E-state index contributed by atoms with van der Waals surface area (Å²) >= 11 is 0. The molecule has 1 heterocycles. The number of aromatic nitrogens is 1. The number of amides is 3. The number of carbonyl (C=O) groups excluding carboxylic acids is 3. The van der Waals surface area contributed by atoms with E-state index < -0.39 is 11.8 Å². The first-order valence-electron chi connectivity index (χ1n) is 7.58. The summed E-state index contributed by atoms with van der Waals surface area (Å²) in [5.74, 6) is -1.54. The van der Waals surface area contributed by atoms with Gasteiger partial charge >= 0.3 is 11.8 Å². The van der Waals surface area contributed by atoms with Crippen molar-refractivity contribution in [2.45, 2.75) is 18.9 Å². The van der Waals surface area contributed by atoms with Crippen molar-refractivity contribution in [2.24, 2.45) is 0 Å². The van der Waals surface area contributed by atoms with Gasteiger partial charge in [0.2, 0.25) is 0 Å². The van der Waals surface area contributed by atoms with E-state index in [0.29, 0.717) is 5.69 Å². The maximum absolute atomic E-state index is 12.0. The minimum absolute atomic E-state index is 0.148. The number of nitrogens with one attached hydrogen (secondary N) is 4. The summed E-state index contributed by atoms with van der Waals surface area (Å²) < 4.78 is 0. The second kappa shape index (κ2) is 6.51. The highest BCUT2D eigenvalue weighted by Crippen LogP contribution is 2.18.